The molecule has 1 rings (SSSR count). The summed E-state index contributed by atoms with van der Waals surface area (Å²) in [6.07, 6.45) is 0. The Morgan fingerprint density at radius 1 is 1.39 bits per heavy atom. The van der Waals surface area contributed by atoms with Gasteiger partial charge in [-0.05, 0) is 12.1 Å². The van der Waals surface area contributed by atoms with Crippen molar-refractivity contribution in [1.82, 2.24) is 5.32 Å². The first-order valence-corrected chi connectivity index (χ1v) is 5.10. The third-order valence-electron chi connectivity index (χ3n) is 2.16. The van der Waals surface area contributed by atoms with E-state index in [1.165, 1.54) is 12.1 Å². The quantitative estimate of drug-likeness (QED) is 0.459. The number of amides is 1. The first-order valence-electron chi connectivity index (χ1n) is 5.10. The number of hydrogen-bond acceptors (Lipinski definition) is 5. The smallest absolute Gasteiger partial charge is 0.335 e. The fraction of sp³-hybridized carbons (Fsp3) is 0.273. The number of rotatable bonds is 5. The zero-order chi connectivity index (χ0) is 13.5. The van der Waals surface area contributed by atoms with Crippen molar-refractivity contribution in [2.75, 3.05) is 13.7 Å². The topological polar surface area (TPSA) is 98.5 Å². The van der Waals surface area contributed by atoms with Gasteiger partial charge in [0.05, 0.1) is 7.11 Å². The maximum absolute atomic E-state index is 11.7. The summed E-state index contributed by atoms with van der Waals surface area (Å²) in [7, 11) is 1.10. The van der Waals surface area contributed by atoms with Gasteiger partial charge in [0.1, 0.15) is 0 Å². The van der Waals surface area contributed by atoms with Crippen LogP contribution in [0.3, 0.4) is 0 Å². The fourth-order valence-corrected chi connectivity index (χ4v) is 1.30. The van der Waals surface area contributed by atoms with Gasteiger partial charge in [0.15, 0.2) is 6.04 Å². The summed E-state index contributed by atoms with van der Waals surface area (Å²) in [6, 6.07) is 6.81. The molecule has 1 atom stereocenters. The molecule has 0 spiro atoms. The molecule has 0 heterocycles. The lowest BCUT2D eigenvalue weighted by Gasteiger charge is -2.12. The van der Waals surface area contributed by atoms with Gasteiger partial charge in [-0.2, -0.15) is 0 Å². The first kappa shape index (κ1) is 13.6. The number of methoxy groups -OCH3 is 1. The molecular weight excluding hydrogens is 240 g/mol. The third-order valence-corrected chi connectivity index (χ3v) is 2.16. The minimum atomic E-state index is -1.29. The molecule has 1 N–H and O–H groups in total. The molecule has 0 fully saturated rings. The highest BCUT2D eigenvalue weighted by atomic mass is 16.6. The van der Waals surface area contributed by atoms with E-state index in [1.807, 2.05) is 0 Å². The number of nitrogens with one attached hydrogen (secondary N) is 1. The molecule has 1 amide bonds. The minimum Gasteiger partial charge on any atom is -0.467 e. The average molecular weight is 252 g/mol. The lowest BCUT2D eigenvalue weighted by molar-refractivity contribution is -0.481. The van der Waals surface area contributed by atoms with Crippen LogP contribution in [0, 0.1) is 10.1 Å². The largest absolute Gasteiger partial charge is 0.467 e. The highest BCUT2D eigenvalue weighted by molar-refractivity contribution is 5.96. The Kier molecular flexibility index (Phi) is 4.79. The molecule has 0 unspecified atom stereocenters. The maximum Gasteiger partial charge on any atom is 0.335 e. The lowest BCUT2D eigenvalue weighted by atomic mass is 10.2. The third kappa shape index (κ3) is 3.85. The van der Waals surface area contributed by atoms with Crippen molar-refractivity contribution in [3.8, 4) is 0 Å². The van der Waals surface area contributed by atoms with Crippen LogP contribution in [0.25, 0.3) is 0 Å². The number of nitro groups is 1. The molecule has 0 aliphatic rings. The molecule has 0 aliphatic carbocycles. The molecule has 0 radical (unpaired) electrons. The molecule has 0 aliphatic heterocycles. The first-order chi connectivity index (χ1) is 8.54. The molecule has 7 heteroatoms. The Morgan fingerprint density at radius 3 is 2.50 bits per heavy atom. The summed E-state index contributed by atoms with van der Waals surface area (Å²) in [5.41, 5.74) is 0.315. The maximum atomic E-state index is 11.7. The van der Waals surface area contributed by atoms with Crippen LogP contribution in [0.4, 0.5) is 0 Å². The molecule has 0 bridgehead atoms. The Bertz CT molecular complexity index is 446. The predicted octanol–water partition coefficient (Wildman–Crippen LogP) is 0.235. The summed E-state index contributed by atoms with van der Waals surface area (Å²) < 4.78 is 4.39. The van der Waals surface area contributed by atoms with Gasteiger partial charge in [0, 0.05) is 10.5 Å². The standard InChI is InChI=1S/C11H12N2O5/c1-18-11(15)9(7-13(16)17)12-10(14)8-5-3-2-4-6-8/h2-6,9H,7H2,1H3,(H,12,14)/t9-/m0/s1. The van der Waals surface area contributed by atoms with Gasteiger partial charge in [0.2, 0.25) is 6.54 Å². The van der Waals surface area contributed by atoms with Crippen molar-refractivity contribution in [2.45, 2.75) is 6.04 Å². The molecular formula is C11H12N2O5. The summed E-state index contributed by atoms with van der Waals surface area (Å²) in [6.45, 7) is -0.717. The van der Waals surface area contributed by atoms with E-state index >= 15 is 0 Å². The number of benzene rings is 1. The molecule has 0 saturated carbocycles. The van der Waals surface area contributed by atoms with E-state index in [0.717, 1.165) is 7.11 Å². The second-order valence-corrected chi connectivity index (χ2v) is 3.43. The fourth-order valence-electron chi connectivity index (χ4n) is 1.30. The van der Waals surface area contributed by atoms with Crippen molar-refractivity contribution in [1.29, 1.82) is 0 Å². The van der Waals surface area contributed by atoms with Gasteiger partial charge in [-0.3, -0.25) is 14.9 Å². The molecule has 1 aromatic rings. The molecule has 0 saturated heterocycles. The van der Waals surface area contributed by atoms with Crippen LogP contribution in [-0.2, 0) is 9.53 Å². The summed E-state index contributed by atoms with van der Waals surface area (Å²) >= 11 is 0. The van der Waals surface area contributed by atoms with E-state index in [0.29, 0.717) is 5.56 Å². The van der Waals surface area contributed by atoms with Gasteiger partial charge in [-0.15, -0.1) is 0 Å². The molecule has 96 valence electrons. The van der Waals surface area contributed by atoms with Gasteiger partial charge < -0.3 is 10.1 Å². The molecule has 1 aromatic carbocycles. The number of ether oxygens (including phenoxy) is 1. The SMILES string of the molecule is COC(=O)[C@H](C[N+](=O)[O-])NC(=O)c1ccccc1. The van der Waals surface area contributed by atoms with Gasteiger partial charge in [-0.25, -0.2) is 4.79 Å². The Morgan fingerprint density at radius 2 is 2.00 bits per heavy atom. The van der Waals surface area contributed by atoms with E-state index in [1.54, 1.807) is 18.2 Å². The second-order valence-electron chi connectivity index (χ2n) is 3.43. The van der Waals surface area contributed by atoms with Gasteiger partial charge in [0.25, 0.3) is 5.91 Å². The normalized spacial score (nSPS) is 11.4. The van der Waals surface area contributed by atoms with E-state index in [2.05, 4.69) is 10.1 Å². The van der Waals surface area contributed by atoms with Crippen molar-refractivity contribution < 1.29 is 19.2 Å². The van der Waals surface area contributed by atoms with E-state index in [4.69, 9.17) is 0 Å². The number of hydrogen-bond donors (Lipinski definition) is 1. The lowest BCUT2D eigenvalue weighted by Crippen LogP contribution is -2.45. The number of nitrogens with zero attached hydrogens (tertiary/aromatic N) is 1. The highest BCUT2D eigenvalue weighted by Crippen LogP contribution is 2.00. The molecule has 0 aromatic heterocycles. The summed E-state index contributed by atoms with van der Waals surface area (Å²) in [5, 5.41) is 12.7. The Balaban J connectivity index is 2.74. The molecule has 7 nitrogen and oxygen atoms in total. The van der Waals surface area contributed by atoms with E-state index in [9.17, 15) is 19.7 Å². The van der Waals surface area contributed by atoms with Crippen molar-refractivity contribution in [3.63, 3.8) is 0 Å². The number of esters is 1. The Hall–Kier alpha value is -2.44. The van der Waals surface area contributed by atoms with Crippen LogP contribution in [0.2, 0.25) is 0 Å². The zero-order valence-corrected chi connectivity index (χ0v) is 9.66. The second kappa shape index (κ2) is 6.33. The average Bonchev–Trinajstić information content (AvgIpc) is 2.37. The van der Waals surface area contributed by atoms with Gasteiger partial charge >= 0.3 is 5.97 Å². The number of carbonyl (C=O) groups excluding carboxylic acids is 2. The highest BCUT2D eigenvalue weighted by Gasteiger charge is 2.27. The van der Waals surface area contributed by atoms with Crippen molar-refractivity contribution in [3.05, 3.63) is 46.0 Å². The van der Waals surface area contributed by atoms with Crippen molar-refractivity contribution >= 4 is 11.9 Å². The van der Waals surface area contributed by atoms with Gasteiger partial charge in [-0.1, -0.05) is 18.2 Å². The van der Waals surface area contributed by atoms with Crippen LogP contribution >= 0.6 is 0 Å². The van der Waals surface area contributed by atoms with Crippen LogP contribution in [0.15, 0.2) is 30.3 Å². The summed E-state index contributed by atoms with van der Waals surface area (Å²) in [4.78, 5) is 32.7. The van der Waals surface area contributed by atoms with E-state index < -0.39 is 29.4 Å². The Labute approximate surface area is 103 Å². The number of carbonyl (C=O) groups is 2. The van der Waals surface area contributed by atoms with Crippen LogP contribution < -0.4 is 5.32 Å². The van der Waals surface area contributed by atoms with Crippen LogP contribution in [-0.4, -0.2) is 36.5 Å². The monoisotopic (exact) mass is 252 g/mol. The zero-order valence-electron chi connectivity index (χ0n) is 9.66. The van der Waals surface area contributed by atoms with Crippen LogP contribution in [0.5, 0.6) is 0 Å². The van der Waals surface area contributed by atoms with E-state index in [-0.39, 0.29) is 0 Å². The predicted molar refractivity (Wildman–Crippen MR) is 61.6 cm³/mol. The van der Waals surface area contributed by atoms with Crippen LogP contribution in [0.1, 0.15) is 10.4 Å². The van der Waals surface area contributed by atoms with Crippen molar-refractivity contribution in [2.24, 2.45) is 0 Å². The minimum absolute atomic E-state index is 0.315. The summed E-state index contributed by atoms with van der Waals surface area (Å²) in [5.74, 6) is -1.41. The molecule has 18 heavy (non-hydrogen) atoms.